The lowest BCUT2D eigenvalue weighted by Gasteiger charge is -2.34. The van der Waals surface area contributed by atoms with Crippen molar-refractivity contribution in [3.63, 3.8) is 0 Å². The maximum atomic E-state index is 6.29. The van der Waals surface area contributed by atoms with Crippen LogP contribution in [0.15, 0.2) is 12.1 Å². The number of anilines is 1. The third-order valence-electron chi connectivity index (χ3n) is 3.04. The standard InChI is InChI=1S/C12H18N2/c1-8-6-9(2)11-10(7-8)12(3,13)4-5-14-11/h6-7,14H,4-5,13H2,1-3H3. The third-order valence-corrected chi connectivity index (χ3v) is 3.04. The fourth-order valence-corrected chi connectivity index (χ4v) is 2.23. The molecule has 0 spiro atoms. The number of aryl methyl sites for hydroxylation is 2. The molecule has 0 amide bonds. The Hall–Kier alpha value is -1.02. The zero-order valence-electron chi connectivity index (χ0n) is 9.15. The summed E-state index contributed by atoms with van der Waals surface area (Å²) in [6.45, 7) is 7.35. The smallest absolute Gasteiger partial charge is 0.0421 e. The van der Waals surface area contributed by atoms with Crippen LogP contribution in [0.2, 0.25) is 0 Å². The van der Waals surface area contributed by atoms with Crippen molar-refractivity contribution >= 4 is 5.69 Å². The summed E-state index contributed by atoms with van der Waals surface area (Å²) in [7, 11) is 0. The fraction of sp³-hybridized carbons (Fsp3) is 0.500. The largest absolute Gasteiger partial charge is 0.384 e. The first-order valence-corrected chi connectivity index (χ1v) is 5.15. The van der Waals surface area contributed by atoms with Gasteiger partial charge < -0.3 is 11.1 Å². The molecule has 1 aliphatic heterocycles. The summed E-state index contributed by atoms with van der Waals surface area (Å²) in [6, 6.07) is 4.40. The van der Waals surface area contributed by atoms with E-state index in [-0.39, 0.29) is 5.54 Å². The zero-order chi connectivity index (χ0) is 10.3. The molecular formula is C12H18N2. The Morgan fingerprint density at radius 1 is 1.36 bits per heavy atom. The minimum Gasteiger partial charge on any atom is -0.384 e. The Kier molecular flexibility index (Phi) is 2.04. The highest BCUT2D eigenvalue weighted by Crippen LogP contribution is 2.35. The van der Waals surface area contributed by atoms with Gasteiger partial charge in [0.2, 0.25) is 0 Å². The van der Waals surface area contributed by atoms with Gasteiger partial charge >= 0.3 is 0 Å². The normalized spacial score (nSPS) is 25.4. The average molecular weight is 190 g/mol. The molecule has 0 fully saturated rings. The van der Waals surface area contributed by atoms with Crippen LogP contribution in [-0.4, -0.2) is 6.54 Å². The molecule has 1 heterocycles. The van der Waals surface area contributed by atoms with E-state index in [9.17, 15) is 0 Å². The molecular weight excluding hydrogens is 172 g/mol. The van der Waals surface area contributed by atoms with Crippen molar-refractivity contribution < 1.29 is 0 Å². The van der Waals surface area contributed by atoms with E-state index in [0.717, 1.165) is 13.0 Å². The minimum atomic E-state index is -0.169. The van der Waals surface area contributed by atoms with Gasteiger partial charge in [0.15, 0.2) is 0 Å². The molecule has 3 N–H and O–H groups in total. The summed E-state index contributed by atoms with van der Waals surface area (Å²) in [6.07, 6.45) is 1.00. The summed E-state index contributed by atoms with van der Waals surface area (Å²) in [5.41, 5.74) is 11.2. The molecule has 0 saturated heterocycles. The van der Waals surface area contributed by atoms with Crippen LogP contribution >= 0.6 is 0 Å². The van der Waals surface area contributed by atoms with Crippen LogP contribution in [0.3, 0.4) is 0 Å². The van der Waals surface area contributed by atoms with Crippen LogP contribution in [-0.2, 0) is 5.54 Å². The molecule has 14 heavy (non-hydrogen) atoms. The highest BCUT2D eigenvalue weighted by Gasteiger charge is 2.28. The van der Waals surface area contributed by atoms with Crippen molar-refractivity contribution in [2.45, 2.75) is 32.7 Å². The lowest BCUT2D eigenvalue weighted by Crippen LogP contribution is -2.39. The Morgan fingerprint density at radius 3 is 2.79 bits per heavy atom. The second-order valence-corrected chi connectivity index (χ2v) is 4.60. The maximum Gasteiger partial charge on any atom is 0.0421 e. The molecule has 0 saturated carbocycles. The topological polar surface area (TPSA) is 38.0 Å². The summed E-state index contributed by atoms with van der Waals surface area (Å²) in [4.78, 5) is 0. The van der Waals surface area contributed by atoms with Crippen LogP contribution < -0.4 is 11.1 Å². The van der Waals surface area contributed by atoms with E-state index in [1.807, 2.05) is 0 Å². The average Bonchev–Trinajstić information content (AvgIpc) is 2.06. The molecule has 2 rings (SSSR count). The summed E-state index contributed by atoms with van der Waals surface area (Å²) < 4.78 is 0. The van der Waals surface area contributed by atoms with Crippen molar-refractivity contribution in [1.82, 2.24) is 0 Å². The van der Waals surface area contributed by atoms with Gasteiger partial charge in [0, 0.05) is 17.8 Å². The number of fused-ring (bicyclic) bond motifs is 1. The van der Waals surface area contributed by atoms with Gasteiger partial charge in [0.1, 0.15) is 0 Å². The second kappa shape index (κ2) is 2.99. The number of hydrogen-bond donors (Lipinski definition) is 2. The van der Waals surface area contributed by atoms with Crippen LogP contribution in [0.5, 0.6) is 0 Å². The van der Waals surface area contributed by atoms with Gasteiger partial charge in [-0.15, -0.1) is 0 Å². The molecule has 1 aromatic rings. The first kappa shape index (κ1) is 9.53. The van der Waals surface area contributed by atoms with Gasteiger partial charge in [0.25, 0.3) is 0 Å². The summed E-state index contributed by atoms with van der Waals surface area (Å²) in [5.74, 6) is 0. The van der Waals surface area contributed by atoms with E-state index >= 15 is 0 Å². The first-order valence-electron chi connectivity index (χ1n) is 5.15. The van der Waals surface area contributed by atoms with E-state index in [1.165, 1.54) is 22.4 Å². The first-order chi connectivity index (χ1) is 6.50. The monoisotopic (exact) mass is 190 g/mol. The summed E-state index contributed by atoms with van der Waals surface area (Å²) in [5, 5.41) is 3.43. The van der Waals surface area contributed by atoms with Crippen molar-refractivity contribution in [2.24, 2.45) is 5.73 Å². The number of nitrogens with two attached hydrogens (primary N) is 1. The minimum absolute atomic E-state index is 0.169. The highest BCUT2D eigenvalue weighted by atomic mass is 14.9. The van der Waals surface area contributed by atoms with E-state index in [1.54, 1.807) is 0 Å². The van der Waals surface area contributed by atoms with E-state index in [2.05, 4.69) is 38.2 Å². The van der Waals surface area contributed by atoms with Gasteiger partial charge in [-0.1, -0.05) is 17.7 Å². The molecule has 76 valence electrons. The summed E-state index contributed by atoms with van der Waals surface area (Å²) >= 11 is 0. The highest BCUT2D eigenvalue weighted by molar-refractivity contribution is 5.62. The Balaban J connectivity index is 2.63. The van der Waals surface area contributed by atoms with Gasteiger partial charge in [-0.25, -0.2) is 0 Å². The van der Waals surface area contributed by atoms with Crippen LogP contribution in [0.25, 0.3) is 0 Å². The van der Waals surface area contributed by atoms with Crippen molar-refractivity contribution in [1.29, 1.82) is 0 Å². The van der Waals surface area contributed by atoms with E-state index in [0.29, 0.717) is 0 Å². The molecule has 0 aromatic heterocycles. The maximum absolute atomic E-state index is 6.29. The van der Waals surface area contributed by atoms with Gasteiger partial charge in [-0.2, -0.15) is 0 Å². The number of hydrogen-bond acceptors (Lipinski definition) is 2. The van der Waals surface area contributed by atoms with Crippen molar-refractivity contribution in [3.05, 3.63) is 28.8 Å². The predicted octanol–water partition coefficient (Wildman–Crippen LogP) is 2.29. The Morgan fingerprint density at radius 2 is 2.07 bits per heavy atom. The molecule has 0 radical (unpaired) electrons. The van der Waals surface area contributed by atoms with E-state index in [4.69, 9.17) is 5.73 Å². The molecule has 2 nitrogen and oxygen atoms in total. The Bertz CT molecular complexity index is 367. The van der Waals surface area contributed by atoms with Crippen LogP contribution in [0.1, 0.15) is 30.0 Å². The van der Waals surface area contributed by atoms with Gasteiger partial charge in [0.05, 0.1) is 0 Å². The molecule has 0 aliphatic carbocycles. The molecule has 1 unspecified atom stereocenters. The van der Waals surface area contributed by atoms with Crippen molar-refractivity contribution in [3.8, 4) is 0 Å². The van der Waals surface area contributed by atoms with E-state index < -0.39 is 0 Å². The molecule has 1 atom stereocenters. The third kappa shape index (κ3) is 1.40. The van der Waals surface area contributed by atoms with Gasteiger partial charge in [-0.3, -0.25) is 0 Å². The molecule has 2 heteroatoms. The lowest BCUT2D eigenvalue weighted by atomic mass is 9.83. The lowest BCUT2D eigenvalue weighted by molar-refractivity contribution is 0.454. The molecule has 0 bridgehead atoms. The van der Waals surface area contributed by atoms with Crippen molar-refractivity contribution in [2.75, 3.05) is 11.9 Å². The SMILES string of the molecule is Cc1cc(C)c2c(c1)C(C)(N)CCN2. The zero-order valence-corrected chi connectivity index (χ0v) is 9.15. The number of rotatable bonds is 0. The molecule has 1 aliphatic rings. The number of nitrogens with one attached hydrogen (secondary N) is 1. The number of benzene rings is 1. The Labute approximate surface area is 85.5 Å². The van der Waals surface area contributed by atoms with Gasteiger partial charge in [-0.05, 0) is 38.3 Å². The molecule has 1 aromatic carbocycles. The van der Waals surface area contributed by atoms with Crippen LogP contribution in [0, 0.1) is 13.8 Å². The van der Waals surface area contributed by atoms with Crippen LogP contribution in [0.4, 0.5) is 5.69 Å². The predicted molar refractivity (Wildman–Crippen MR) is 60.6 cm³/mol. The second-order valence-electron chi connectivity index (χ2n) is 4.60. The quantitative estimate of drug-likeness (QED) is 0.658. The fourth-order valence-electron chi connectivity index (χ4n) is 2.23.